The molecule has 5 nitrogen and oxygen atoms in total. The van der Waals surface area contributed by atoms with Gasteiger partial charge < -0.3 is 5.32 Å². The highest BCUT2D eigenvalue weighted by molar-refractivity contribution is 6.33. The summed E-state index contributed by atoms with van der Waals surface area (Å²) < 4.78 is 0. The largest absolute Gasteiger partial charge is 0.352 e. The van der Waals surface area contributed by atoms with Gasteiger partial charge in [-0.05, 0) is 18.4 Å². The summed E-state index contributed by atoms with van der Waals surface area (Å²) >= 11 is 5.89. The minimum Gasteiger partial charge on any atom is -0.352 e. The second-order valence-electron chi connectivity index (χ2n) is 4.76. The maximum Gasteiger partial charge on any atom is 0.270 e. The third-order valence-corrected chi connectivity index (χ3v) is 3.80. The summed E-state index contributed by atoms with van der Waals surface area (Å²) in [5, 5.41) is 13.7. The molecule has 1 aromatic rings. The van der Waals surface area contributed by atoms with E-state index in [0.29, 0.717) is 12.5 Å². The van der Waals surface area contributed by atoms with Crippen LogP contribution in [0.2, 0.25) is 5.02 Å². The summed E-state index contributed by atoms with van der Waals surface area (Å²) in [6, 6.07) is 3.87. The van der Waals surface area contributed by atoms with Crippen LogP contribution in [0.4, 0.5) is 5.69 Å². The van der Waals surface area contributed by atoms with Crippen molar-refractivity contribution >= 4 is 23.2 Å². The lowest BCUT2D eigenvalue weighted by Crippen LogP contribution is -2.27. The highest BCUT2D eigenvalue weighted by Gasteiger charge is 2.18. The highest BCUT2D eigenvalue weighted by atomic mass is 35.5. The summed E-state index contributed by atoms with van der Waals surface area (Å²) in [5.74, 6) is 0.355. The van der Waals surface area contributed by atoms with Crippen LogP contribution in [0, 0.1) is 16.0 Å². The smallest absolute Gasteiger partial charge is 0.270 e. The molecule has 6 heteroatoms. The monoisotopic (exact) mass is 282 g/mol. The average Bonchev–Trinajstić information content (AvgIpc) is 2.32. The van der Waals surface area contributed by atoms with E-state index in [1.54, 1.807) is 0 Å². The molecular formula is C13H15ClN2O3. The molecule has 1 N–H and O–H groups in total. The van der Waals surface area contributed by atoms with Gasteiger partial charge in [-0.3, -0.25) is 14.9 Å². The molecule has 0 spiro atoms. The Morgan fingerprint density at radius 3 is 2.79 bits per heavy atom. The van der Waals surface area contributed by atoms with Crippen molar-refractivity contribution in [2.75, 3.05) is 6.54 Å². The number of nitro groups is 1. The first-order valence-corrected chi connectivity index (χ1v) is 6.68. The summed E-state index contributed by atoms with van der Waals surface area (Å²) in [6.07, 6.45) is 4.69. The van der Waals surface area contributed by atoms with Crippen molar-refractivity contribution in [3.8, 4) is 0 Å². The molecule has 0 atom stereocenters. The van der Waals surface area contributed by atoms with E-state index in [-0.39, 0.29) is 22.2 Å². The molecular weight excluding hydrogens is 268 g/mol. The number of carbonyl (C=O) groups is 1. The van der Waals surface area contributed by atoms with Crippen molar-refractivity contribution in [3.05, 3.63) is 38.9 Å². The topological polar surface area (TPSA) is 72.2 Å². The fraction of sp³-hybridized carbons (Fsp3) is 0.462. The van der Waals surface area contributed by atoms with E-state index in [9.17, 15) is 14.9 Å². The van der Waals surface area contributed by atoms with Gasteiger partial charge in [0.15, 0.2) is 0 Å². The number of hydrogen-bond donors (Lipinski definition) is 1. The maximum absolute atomic E-state index is 11.9. The molecule has 1 fully saturated rings. The zero-order chi connectivity index (χ0) is 13.8. The van der Waals surface area contributed by atoms with Gasteiger partial charge in [0.1, 0.15) is 0 Å². The molecule has 1 aromatic carbocycles. The van der Waals surface area contributed by atoms with Gasteiger partial charge in [0.25, 0.3) is 11.6 Å². The van der Waals surface area contributed by atoms with Crippen molar-refractivity contribution in [1.82, 2.24) is 5.32 Å². The minimum atomic E-state index is -0.540. The molecule has 0 aromatic heterocycles. The molecule has 1 aliphatic carbocycles. The molecule has 0 aliphatic heterocycles. The van der Waals surface area contributed by atoms with Crippen LogP contribution in [0.1, 0.15) is 36.0 Å². The molecule has 1 amide bonds. The van der Waals surface area contributed by atoms with Gasteiger partial charge in [0.2, 0.25) is 0 Å². The van der Waals surface area contributed by atoms with E-state index in [2.05, 4.69) is 5.32 Å². The molecule has 2 rings (SSSR count). The second kappa shape index (κ2) is 6.02. The number of nitro benzene ring substituents is 1. The highest BCUT2D eigenvalue weighted by Crippen LogP contribution is 2.28. The minimum absolute atomic E-state index is 0.131. The number of nitrogens with one attached hydrogen (secondary N) is 1. The van der Waals surface area contributed by atoms with Crippen molar-refractivity contribution in [1.29, 1.82) is 0 Å². The molecule has 0 bridgehead atoms. The normalized spacial score (nSPS) is 14.8. The van der Waals surface area contributed by atoms with Crippen LogP contribution >= 0.6 is 11.6 Å². The first kappa shape index (κ1) is 13.8. The number of halogens is 1. The Morgan fingerprint density at radius 1 is 1.47 bits per heavy atom. The standard InChI is InChI=1S/C13H15ClN2O3/c14-12-5-4-10(16(18)19)8-11(12)13(17)15-7-6-9-2-1-3-9/h4-5,8-9H,1-3,6-7H2,(H,15,17). The molecule has 1 saturated carbocycles. The van der Waals surface area contributed by atoms with Crippen molar-refractivity contribution < 1.29 is 9.72 Å². The van der Waals surface area contributed by atoms with Crippen LogP contribution in [0.3, 0.4) is 0 Å². The Balaban J connectivity index is 1.96. The van der Waals surface area contributed by atoms with E-state index in [1.807, 2.05) is 0 Å². The first-order valence-electron chi connectivity index (χ1n) is 6.30. The van der Waals surface area contributed by atoms with Crippen molar-refractivity contribution in [2.24, 2.45) is 5.92 Å². The van der Waals surface area contributed by atoms with Crippen LogP contribution in [-0.4, -0.2) is 17.4 Å². The van der Waals surface area contributed by atoms with Crippen LogP contribution in [0.5, 0.6) is 0 Å². The zero-order valence-corrected chi connectivity index (χ0v) is 11.2. The lowest BCUT2D eigenvalue weighted by atomic mass is 9.83. The number of non-ortho nitro benzene ring substituents is 1. The van der Waals surface area contributed by atoms with Crippen molar-refractivity contribution in [3.63, 3.8) is 0 Å². The lowest BCUT2D eigenvalue weighted by molar-refractivity contribution is -0.384. The SMILES string of the molecule is O=C(NCCC1CCC1)c1cc([N+](=O)[O-])ccc1Cl. The van der Waals surface area contributed by atoms with Crippen LogP contribution in [0.25, 0.3) is 0 Å². The van der Waals surface area contributed by atoms with Crippen LogP contribution in [0.15, 0.2) is 18.2 Å². The number of hydrogen-bond acceptors (Lipinski definition) is 3. The number of rotatable bonds is 5. The molecule has 0 saturated heterocycles. The summed E-state index contributed by atoms with van der Waals surface area (Å²) in [6.45, 7) is 0.586. The number of nitrogens with zero attached hydrogens (tertiary/aromatic N) is 1. The Bertz CT molecular complexity index is 501. The predicted molar refractivity (Wildman–Crippen MR) is 72.4 cm³/mol. The summed E-state index contributed by atoms with van der Waals surface area (Å²) in [5.41, 5.74) is 0.0259. The zero-order valence-electron chi connectivity index (χ0n) is 10.4. The number of benzene rings is 1. The van der Waals surface area contributed by atoms with Gasteiger partial charge in [-0.1, -0.05) is 30.9 Å². The number of amides is 1. The fourth-order valence-corrected chi connectivity index (χ4v) is 2.27. The Labute approximate surface area is 116 Å². The van der Waals surface area contributed by atoms with E-state index >= 15 is 0 Å². The van der Waals surface area contributed by atoms with Gasteiger partial charge in [-0.2, -0.15) is 0 Å². The van der Waals surface area contributed by atoms with Crippen LogP contribution < -0.4 is 5.32 Å². The quantitative estimate of drug-likeness (QED) is 0.666. The van der Waals surface area contributed by atoms with Gasteiger partial charge in [-0.25, -0.2) is 0 Å². The molecule has 0 heterocycles. The van der Waals surface area contributed by atoms with Crippen LogP contribution in [-0.2, 0) is 0 Å². The van der Waals surface area contributed by atoms with E-state index < -0.39 is 4.92 Å². The third-order valence-electron chi connectivity index (χ3n) is 3.47. The Hall–Kier alpha value is -1.62. The van der Waals surface area contributed by atoms with Gasteiger partial charge >= 0.3 is 0 Å². The van der Waals surface area contributed by atoms with E-state index in [1.165, 1.54) is 37.5 Å². The fourth-order valence-electron chi connectivity index (χ4n) is 2.07. The maximum atomic E-state index is 11.9. The second-order valence-corrected chi connectivity index (χ2v) is 5.17. The van der Waals surface area contributed by atoms with Crippen molar-refractivity contribution in [2.45, 2.75) is 25.7 Å². The molecule has 1 aliphatic rings. The van der Waals surface area contributed by atoms with Gasteiger partial charge in [0.05, 0.1) is 15.5 Å². The van der Waals surface area contributed by atoms with E-state index in [0.717, 1.165) is 6.42 Å². The van der Waals surface area contributed by atoms with Gasteiger partial charge in [0, 0.05) is 18.7 Å². The number of carbonyl (C=O) groups excluding carboxylic acids is 1. The molecule has 0 radical (unpaired) electrons. The van der Waals surface area contributed by atoms with Gasteiger partial charge in [-0.15, -0.1) is 0 Å². The lowest BCUT2D eigenvalue weighted by Gasteiger charge is -2.25. The van der Waals surface area contributed by atoms with E-state index in [4.69, 9.17) is 11.6 Å². The third kappa shape index (κ3) is 3.44. The molecule has 0 unspecified atom stereocenters. The Kier molecular flexibility index (Phi) is 4.37. The average molecular weight is 283 g/mol. The summed E-state index contributed by atoms with van der Waals surface area (Å²) in [4.78, 5) is 22.0. The Morgan fingerprint density at radius 2 is 2.21 bits per heavy atom. The first-order chi connectivity index (χ1) is 9.08. The predicted octanol–water partition coefficient (Wildman–Crippen LogP) is 3.17. The molecule has 19 heavy (non-hydrogen) atoms. The summed E-state index contributed by atoms with van der Waals surface area (Å²) in [7, 11) is 0. The molecule has 102 valence electrons.